The van der Waals surface area contributed by atoms with Crippen molar-refractivity contribution in [1.29, 1.82) is 0 Å². The molecule has 0 bridgehead atoms. The van der Waals surface area contributed by atoms with Crippen LogP contribution in [0.4, 0.5) is 5.69 Å². The predicted octanol–water partition coefficient (Wildman–Crippen LogP) is 2.09. The fraction of sp³-hybridized carbons (Fsp3) is 0.133. The molecule has 0 saturated carbocycles. The molecule has 4 heteroatoms. The van der Waals surface area contributed by atoms with Crippen LogP contribution < -0.4 is 5.32 Å². The SMILES string of the molecule is O=C1CN2OC2(c2ccccc2)c2ccccc2N1. The van der Waals surface area contributed by atoms with Crippen molar-refractivity contribution < 1.29 is 9.63 Å². The minimum Gasteiger partial charge on any atom is -0.324 e. The first kappa shape index (κ1) is 10.7. The second-order valence-electron chi connectivity index (χ2n) is 4.73. The topological polar surface area (TPSA) is 44.6 Å². The Kier molecular flexibility index (Phi) is 2.07. The molecular weight excluding hydrogens is 240 g/mol. The van der Waals surface area contributed by atoms with Crippen LogP contribution in [0.3, 0.4) is 0 Å². The molecule has 4 nitrogen and oxygen atoms in total. The van der Waals surface area contributed by atoms with Crippen LogP contribution in [0.15, 0.2) is 54.6 Å². The molecule has 2 aliphatic heterocycles. The van der Waals surface area contributed by atoms with E-state index >= 15 is 0 Å². The number of rotatable bonds is 1. The van der Waals surface area contributed by atoms with Crippen LogP contribution in [0.25, 0.3) is 0 Å². The Morgan fingerprint density at radius 3 is 2.63 bits per heavy atom. The number of para-hydroxylation sites is 1. The average Bonchev–Trinajstić information content (AvgIpc) is 3.15. The molecule has 1 saturated heterocycles. The summed E-state index contributed by atoms with van der Waals surface area (Å²) in [6.45, 7) is 0.240. The van der Waals surface area contributed by atoms with Gasteiger partial charge in [-0.15, -0.1) is 5.06 Å². The van der Waals surface area contributed by atoms with Crippen molar-refractivity contribution in [2.75, 3.05) is 11.9 Å². The fourth-order valence-corrected chi connectivity index (χ4v) is 2.69. The number of nitrogens with one attached hydrogen (secondary N) is 1. The van der Waals surface area contributed by atoms with Crippen LogP contribution in [-0.2, 0) is 15.4 Å². The van der Waals surface area contributed by atoms with Crippen molar-refractivity contribution >= 4 is 11.6 Å². The number of amides is 1. The lowest BCUT2D eigenvalue weighted by molar-refractivity contribution is -0.117. The molecule has 94 valence electrons. The summed E-state index contributed by atoms with van der Waals surface area (Å²) >= 11 is 0. The molecule has 19 heavy (non-hydrogen) atoms. The molecule has 1 fully saturated rings. The second kappa shape index (κ2) is 3.66. The van der Waals surface area contributed by atoms with Gasteiger partial charge in [-0.2, -0.15) is 0 Å². The zero-order valence-corrected chi connectivity index (χ0v) is 10.2. The van der Waals surface area contributed by atoms with Crippen LogP contribution >= 0.6 is 0 Å². The summed E-state index contributed by atoms with van der Waals surface area (Å²) < 4.78 is 0. The Bertz CT molecular complexity index is 656. The van der Waals surface area contributed by atoms with Gasteiger partial charge in [0.1, 0.15) is 6.54 Å². The van der Waals surface area contributed by atoms with E-state index < -0.39 is 5.72 Å². The van der Waals surface area contributed by atoms with Gasteiger partial charge in [-0.1, -0.05) is 48.5 Å². The minimum atomic E-state index is -0.614. The third kappa shape index (κ3) is 1.44. The van der Waals surface area contributed by atoms with E-state index in [0.717, 1.165) is 16.8 Å². The van der Waals surface area contributed by atoms with Gasteiger partial charge in [-0.25, -0.2) is 0 Å². The molecule has 2 unspecified atom stereocenters. The Labute approximate surface area is 110 Å². The number of hydrogen-bond acceptors (Lipinski definition) is 3. The molecule has 1 amide bonds. The van der Waals surface area contributed by atoms with E-state index in [0.29, 0.717) is 0 Å². The Morgan fingerprint density at radius 1 is 1.05 bits per heavy atom. The Hall–Kier alpha value is -2.17. The van der Waals surface area contributed by atoms with Crippen molar-refractivity contribution in [3.8, 4) is 0 Å². The van der Waals surface area contributed by atoms with E-state index in [1.807, 2.05) is 54.6 Å². The molecule has 0 radical (unpaired) electrons. The normalized spacial score (nSPS) is 27.8. The van der Waals surface area contributed by atoms with Crippen molar-refractivity contribution in [2.24, 2.45) is 0 Å². The number of hydroxylamine groups is 2. The zero-order valence-electron chi connectivity index (χ0n) is 10.2. The first-order valence-corrected chi connectivity index (χ1v) is 6.22. The largest absolute Gasteiger partial charge is 0.324 e. The van der Waals surface area contributed by atoms with Crippen molar-refractivity contribution in [1.82, 2.24) is 5.06 Å². The Morgan fingerprint density at radius 2 is 1.79 bits per heavy atom. The van der Waals surface area contributed by atoms with Crippen LogP contribution in [0.1, 0.15) is 11.1 Å². The predicted molar refractivity (Wildman–Crippen MR) is 70.1 cm³/mol. The van der Waals surface area contributed by atoms with Gasteiger partial charge < -0.3 is 5.32 Å². The molecule has 2 heterocycles. The highest BCUT2D eigenvalue weighted by Gasteiger charge is 2.60. The smallest absolute Gasteiger partial charge is 0.241 e. The molecule has 1 N–H and O–H groups in total. The van der Waals surface area contributed by atoms with E-state index in [1.165, 1.54) is 0 Å². The highest BCUT2D eigenvalue weighted by atomic mass is 16.9. The third-order valence-electron chi connectivity index (χ3n) is 3.58. The lowest BCUT2D eigenvalue weighted by Gasteiger charge is -2.14. The summed E-state index contributed by atoms with van der Waals surface area (Å²) in [6.07, 6.45) is 0. The monoisotopic (exact) mass is 252 g/mol. The van der Waals surface area contributed by atoms with Crippen molar-refractivity contribution in [3.63, 3.8) is 0 Å². The summed E-state index contributed by atoms with van der Waals surface area (Å²) in [7, 11) is 0. The van der Waals surface area contributed by atoms with Gasteiger partial charge >= 0.3 is 0 Å². The highest BCUT2D eigenvalue weighted by molar-refractivity contribution is 5.94. The summed E-state index contributed by atoms with van der Waals surface area (Å²) in [5.74, 6) is -0.0530. The standard InChI is InChI=1S/C15H12N2O2/c18-14-10-17-15(19-17,11-6-2-1-3-7-11)12-8-4-5-9-13(12)16-14/h1-9H,10H2,(H,16,18). The van der Waals surface area contributed by atoms with Gasteiger partial charge in [-0.3, -0.25) is 9.63 Å². The number of carbonyl (C=O) groups excluding carboxylic acids is 1. The van der Waals surface area contributed by atoms with Crippen molar-refractivity contribution in [2.45, 2.75) is 5.72 Å². The zero-order chi connectivity index (χ0) is 12.9. The summed E-state index contributed by atoms with van der Waals surface area (Å²) in [5.41, 5.74) is 2.22. The number of fused-ring (bicyclic) bond motifs is 3. The van der Waals surface area contributed by atoms with Gasteiger partial charge in [0.05, 0.1) is 0 Å². The molecule has 0 spiro atoms. The number of anilines is 1. The van der Waals surface area contributed by atoms with Crippen molar-refractivity contribution in [3.05, 3.63) is 65.7 Å². The van der Waals surface area contributed by atoms with Crippen LogP contribution in [0, 0.1) is 0 Å². The maximum Gasteiger partial charge on any atom is 0.241 e. The number of hydrogen-bond donors (Lipinski definition) is 1. The van der Waals surface area contributed by atoms with Crippen LogP contribution in [-0.4, -0.2) is 17.5 Å². The maximum atomic E-state index is 11.8. The van der Waals surface area contributed by atoms with E-state index in [2.05, 4.69) is 5.32 Å². The van der Waals surface area contributed by atoms with Gasteiger partial charge in [0.25, 0.3) is 0 Å². The lowest BCUT2D eigenvalue weighted by Crippen LogP contribution is -2.21. The summed E-state index contributed by atoms with van der Waals surface area (Å²) in [4.78, 5) is 17.6. The first-order valence-electron chi connectivity index (χ1n) is 6.22. The minimum absolute atomic E-state index is 0.0530. The third-order valence-corrected chi connectivity index (χ3v) is 3.58. The van der Waals surface area contributed by atoms with E-state index in [9.17, 15) is 4.79 Å². The van der Waals surface area contributed by atoms with Crippen LogP contribution in [0.5, 0.6) is 0 Å². The van der Waals surface area contributed by atoms with Gasteiger partial charge in [0.15, 0.2) is 0 Å². The molecule has 0 aliphatic carbocycles. The van der Waals surface area contributed by atoms with Gasteiger partial charge in [0, 0.05) is 16.8 Å². The molecule has 2 atom stereocenters. The second-order valence-corrected chi connectivity index (χ2v) is 4.73. The molecule has 2 aromatic rings. The molecule has 0 aromatic heterocycles. The highest BCUT2D eigenvalue weighted by Crippen LogP contribution is 2.53. The number of carbonyl (C=O) groups is 1. The Balaban J connectivity index is 1.93. The fourth-order valence-electron chi connectivity index (χ4n) is 2.69. The van der Waals surface area contributed by atoms with E-state index in [1.54, 1.807) is 5.06 Å². The van der Waals surface area contributed by atoms with Gasteiger partial charge in [0.2, 0.25) is 11.6 Å². The first-order chi connectivity index (χ1) is 9.30. The van der Waals surface area contributed by atoms with Gasteiger partial charge in [-0.05, 0) is 6.07 Å². The number of benzene rings is 2. The quantitative estimate of drug-likeness (QED) is 0.790. The summed E-state index contributed by atoms with van der Waals surface area (Å²) in [5, 5.41) is 4.64. The average molecular weight is 252 g/mol. The molecule has 2 aromatic carbocycles. The molecular formula is C15H12N2O2. The van der Waals surface area contributed by atoms with E-state index in [4.69, 9.17) is 4.84 Å². The van der Waals surface area contributed by atoms with Crippen LogP contribution in [0.2, 0.25) is 0 Å². The molecule has 2 aliphatic rings. The summed E-state index contributed by atoms with van der Waals surface area (Å²) in [6, 6.07) is 17.7. The maximum absolute atomic E-state index is 11.8. The lowest BCUT2D eigenvalue weighted by atomic mass is 9.95. The number of nitrogens with zero attached hydrogens (tertiary/aromatic N) is 1. The van der Waals surface area contributed by atoms with E-state index in [-0.39, 0.29) is 12.5 Å². The molecule has 4 rings (SSSR count).